The van der Waals surface area contributed by atoms with Crippen molar-refractivity contribution in [3.63, 3.8) is 0 Å². The summed E-state index contributed by atoms with van der Waals surface area (Å²) in [7, 11) is 1.97. The molecule has 0 saturated carbocycles. The number of hydrogen-bond donors (Lipinski definition) is 1. The van der Waals surface area contributed by atoms with Crippen molar-refractivity contribution in [2.75, 3.05) is 6.54 Å². The largest absolute Gasteiger partial charge is 0.305 e. The lowest BCUT2D eigenvalue weighted by atomic mass is 10.0. The Labute approximate surface area is 128 Å². The summed E-state index contributed by atoms with van der Waals surface area (Å²) in [5.74, 6) is 0. The number of hydrogen-bond acceptors (Lipinski definition) is 3. The topological polar surface area (TPSA) is 47.7 Å². The van der Waals surface area contributed by atoms with Crippen molar-refractivity contribution < 1.29 is 0 Å². The van der Waals surface area contributed by atoms with Crippen molar-refractivity contribution in [3.05, 3.63) is 33.8 Å². The van der Waals surface area contributed by atoms with Crippen LogP contribution in [0.2, 0.25) is 0 Å². The van der Waals surface area contributed by atoms with Crippen molar-refractivity contribution in [2.24, 2.45) is 7.05 Å². The fourth-order valence-electron chi connectivity index (χ4n) is 2.54. The number of rotatable bonds is 6. The molecule has 0 aliphatic rings. The van der Waals surface area contributed by atoms with Crippen molar-refractivity contribution in [1.29, 1.82) is 0 Å². The van der Waals surface area contributed by atoms with Crippen LogP contribution in [0.25, 0.3) is 0 Å². The maximum atomic E-state index is 4.56. The Morgan fingerprint density at radius 3 is 2.70 bits per heavy atom. The summed E-state index contributed by atoms with van der Waals surface area (Å²) < 4.78 is 4.96. The highest BCUT2D eigenvalue weighted by molar-refractivity contribution is 9.10. The molecule has 20 heavy (non-hydrogen) atoms. The Kier molecular flexibility index (Phi) is 4.99. The van der Waals surface area contributed by atoms with Gasteiger partial charge in [0.15, 0.2) is 0 Å². The van der Waals surface area contributed by atoms with Crippen LogP contribution in [-0.4, -0.2) is 26.1 Å². The molecule has 1 atom stereocenters. The van der Waals surface area contributed by atoms with E-state index >= 15 is 0 Å². The summed E-state index contributed by atoms with van der Waals surface area (Å²) in [6.45, 7) is 8.11. The summed E-state index contributed by atoms with van der Waals surface area (Å²) in [4.78, 5) is 0. The predicted molar refractivity (Wildman–Crippen MR) is 83.7 cm³/mol. The van der Waals surface area contributed by atoms with E-state index in [9.17, 15) is 0 Å². The average molecular weight is 340 g/mol. The number of aromatic nitrogens is 4. The third kappa shape index (κ3) is 2.81. The highest BCUT2D eigenvalue weighted by Gasteiger charge is 2.24. The fraction of sp³-hybridized carbons (Fsp3) is 0.571. The molecular weight excluding hydrogens is 318 g/mol. The lowest BCUT2D eigenvalue weighted by molar-refractivity contribution is 0.538. The maximum Gasteiger partial charge on any atom is 0.0793 e. The van der Waals surface area contributed by atoms with Crippen molar-refractivity contribution in [2.45, 2.75) is 39.8 Å². The molecule has 0 aliphatic carbocycles. The van der Waals surface area contributed by atoms with Crippen LogP contribution in [0.5, 0.6) is 0 Å². The van der Waals surface area contributed by atoms with Gasteiger partial charge in [0.25, 0.3) is 0 Å². The van der Waals surface area contributed by atoms with E-state index < -0.39 is 0 Å². The number of nitrogens with one attached hydrogen (secondary N) is 1. The Hall–Kier alpha value is -1.14. The second-order valence-electron chi connectivity index (χ2n) is 4.74. The zero-order chi connectivity index (χ0) is 14.7. The first-order chi connectivity index (χ1) is 9.62. The van der Waals surface area contributed by atoms with Gasteiger partial charge in [-0.1, -0.05) is 13.8 Å². The van der Waals surface area contributed by atoms with Crippen LogP contribution < -0.4 is 5.32 Å². The zero-order valence-corrected chi connectivity index (χ0v) is 14.1. The first kappa shape index (κ1) is 15.3. The normalized spacial score (nSPS) is 12.8. The second kappa shape index (κ2) is 6.54. The molecule has 0 saturated heterocycles. The van der Waals surface area contributed by atoms with Gasteiger partial charge in [-0.25, -0.2) is 0 Å². The third-order valence-corrected chi connectivity index (χ3v) is 4.01. The minimum absolute atomic E-state index is 0.112. The van der Waals surface area contributed by atoms with Crippen LogP contribution in [0.15, 0.2) is 16.9 Å². The Balaban J connectivity index is 2.52. The molecule has 0 radical (unpaired) electrons. The van der Waals surface area contributed by atoms with E-state index in [1.165, 1.54) is 5.56 Å². The molecule has 6 heteroatoms. The SMILES string of the molecule is CCNC(c1cn(C)nc1CC)c1c(Br)cnn1CC. The van der Waals surface area contributed by atoms with Crippen LogP contribution in [0, 0.1) is 0 Å². The van der Waals surface area contributed by atoms with E-state index in [-0.39, 0.29) is 6.04 Å². The molecule has 0 bridgehead atoms. The molecule has 0 aliphatic heterocycles. The first-order valence-electron chi connectivity index (χ1n) is 7.09. The molecule has 0 aromatic carbocycles. The lowest BCUT2D eigenvalue weighted by Gasteiger charge is -2.20. The van der Waals surface area contributed by atoms with Gasteiger partial charge in [-0.05, 0) is 35.8 Å². The quantitative estimate of drug-likeness (QED) is 0.880. The number of aryl methyl sites for hydroxylation is 3. The highest BCUT2D eigenvalue weighted by atomic mass is 79.9. The van der Waals surface area contributed by atoms with E-state index in [1.54, 1.807) is 0 Å². The molecule has 2 aromatic heterocycles. The second-order valence-corrected chi connectivity index (χ2v) is 5.60. The van der Waals surface area contributed by atoms with Gasteiger partial charge in [0.1, 0.15) is 0 Å². The van der Waals surface area contributed by atoms with Gasteiger partial charge in [-0.15, -0.1) is 0 Å². The van der Waals surface area contributed by atoms with E-state index in [0.717, 1.165) is 35.4 Å². The summed E-state index contributed by atoms with van der Waals surface area (Å²) in [6, 6.07) is 0.112. The minimum Gasteiger partial charge on any atom is -0.305 e. The van der Waals surface area contributed by atoms with Crippen LogP contribution in [-0.2, 0) is 20.0 Å². The van der Waals surface area contributed by atoms with E-state index in [0.29, 0.717) is 0 Å². The Bertz CT molecular complexity index is 572. The molecule has 0 spiro atoms. The Morgan fingerprint density at radius 2 is 2.10 bits per heavy atom. The van der Waals surface area contributed by atoms with Gasteiger partial charge in [-0.3, -0.25) is 9.36 Å². The van der Waals surface area contributed by atoms with Gasteiger partial charge in [0, 0.05) is 25.4 Å². The number of nitrogens with zero attached hydrogens (tertiary/aromatic N) is 4. The van der Waals surface area contributed by atoms with Crippen molar-refractivity contribution in [3.8, 4) is 0 Å². The standard InChI is InChI=1S/C14H22BrN5/c1-5-12-10(9-19(4)18-12)13(16-6-2)14-11(15)8-17-20(14)7-3/h8-9,13,16H,5-7H2,1-4H3. The van der Waals surface area contributed by atoms with E-state index in [2.05, 4.69) is 58.4 Å². The van der Waals surface area contributed by atoms with Gasteiger partial charge in [-0.2, -0.15) is 10.2 Å². The molecule has 110 valence electrons. The lowest BCUT2D eigenvalue weighted by Crippen LogP contribution is -2.25. The van der Waals surface area contributed by atoms with Crippen molar-refractivity contribution >= 4 is 15.9 Å². The monoisotopic (exact) mass is 339 g/mol. The summed E-state index contributed by atoms with van der Waals surface area (Å²) >= 11 is 3.63. The maximum absolute atomic E-state index is 4.56. The molecular formula is C14H22BrN5. The molecule has 2 rings (SSSR count). The summed E-state index contributed by atoms with van der Waals surface area (Å²) in [6.07, 6.45) is 4.90. The molecule has 0 fully saturated rings. The van der Waals surface area contributed by atoms with Gasteiger partial charge < -0.3 is 5.32 Å². The molecule has 2 heterocycles. The third-order valence-electron chi connectivity index (χ3n) is 3.40. The minimum atomic E-state index is 0.112. The Morgan fingerprint density at radius 1 is 1.35 bits per heavy atom. The smallest absolute Gasteiger partial charge is 0.0793 e. The van der Waals surface area contributed by atoms with Gasteiger partial charge >= 0.3 is 0 Å². The van der Waals surface area contributed by atoms with Gasteiger partial charge in [0.2, 0.25) is 0 Å². The van der Waals surface area contributed by atoms with E-state index in [1.807, 2.05) is 22.6 Å². The van der Waals surface area contributed by atoms with Crippen molar-refractivity contribution in [1.82, 2.24) is 24.9 Å². The van der Waals surface area contributed by atoms with Crippen LogP contribution in [0.4, 0.5) is 0 Å². The zero-order valence-electron chi connectivity index (χ0n) is 12.5. The molecule has 1 N–H and O–H groups in total. The first-order valence-corrected chi connectivity index (χ1v) is 7.88. The number of halogens is 1. The average Bonchev–Trinajstić information content (AvgIpc) is 2.99. The summed E-state index contributed by atoms with van der Waals surface area (Å²) in [5.41, 5.74) is 3.53. The molecule has 2 aromatic rings. The van der Waals surface area contributed by atoms with E-state index in [4.69, 9.17) is 0 Å². The van der Waals surface area contributed by atoms with Crippen LogP contribution >= 0.6 is 15.9 Å². The van der Waals surface area contributed by atoms with Crippen LogP contribution in [0.1, 0.15) is 43.8 Å². The van der Waals surface area contributed by atoms with Crippen LogP contribution in [0.3, 0.4) is 0 Å². The molecule has 5 nitrogen and oxygen atoms in total. The predicted octanol–water partition coefficient (Wildman–Crippen LogP) is 2.66. The molecule has 1 unspecified atom stereocenters. The molecule has 0 amide bonds. The van der Waals surface area contributed by atoms with Gasteiger partial charge in [0.05, 0.1) is 28.1 Å². The highest BCUT2D eigenvalue weighted by Crippen LogP contribution is 2.30. The fourth-order valence-corrected chi connectivity index (χ4v) is 3.06. The summed E-state index contributed by atoms with van der Waals surface area (Å²) in [5, 5.41) is 12.5.